The van der Waals surface area contributed by atoms with Crippen LogP contribution in [0.4, 0.5) is 0 Å². The van der Waals surface area contributed by atoms with Gasteiger partial charge in [-0.3, -0.25) is 24.5 Å². The molecule has 25 heavy (non-hydrogen) atoms. The van der Waals surface area contributed by atoms with Gasteiger partial charge in [-0.1, -0.05) is 0 Å². The van der Waals surface area contributed by atoms with E-state index in [-0.39, 0.29) is 17.9 Å². The number of nitrogens with one attached hydrogen (secondary N) is 1. The summed E-state index contributed by atoms with van der Waals surface area (Å²) < 4.78 is 0. The Morgan fingerprint density at radius 2 is 2.20 bits per heavy atom. The van der Waals surface area contributed by atoms with E-state index < -0.39 is 0 Å². The fourth-order valence-corrected chi connectivity index (χ4v) is 3.07. The largest absolute Gasteiger partial charge is 0.351 e. The lowest BCUT2D eigenvalue weighted by molar-refractivity contribution is -0.119. The molecule has 0 spiro atoms. The lowest BCUT2D eigenvalue weighted by Crippen LogP contribution is -2.32. The monoisotopic (exact) mass is 339 g/mol. The van der Waals surface area contributed by atoms with Gasteiger partial charge in [-0.05, 0) is 31.9 Å². The zero-order chi connectivity index (χ0) is 17.8. The van der Waals surface area contributed by atoms with E-state index in [9.17, 15) is 9.59 Å². The van der Waals surface area contributed by atoms with E-state index in [1.807, 2.05) is 11.8 Å². The summed E-state index contributed by atoms with van der Waals surface area (Å²) in [5, 5.41) is 2.72. The summed E-state index contributed by atoms with van der Waals surface area (Å²) in [7, 11) is 0. The van der Waals surface area contributed by atoms with Crippen LogP contribution in [0.1, 0.15) is 53.2 Å². The minimum Gasteiger partial charge on any atom is -0.351 e. The van der Waals surface area contributed by atoms with Crippen molar-refractivity contribution in [3.63, 3.8) is 0 Å². The molecule has 1 fully saturated rings. The predicted molar refractivity (Wildman–Crippen MR) is 91.5 cm³/mol. The van der Waals surface area contributed by atoms with Gasteiger partial charge in [0, 0.05) is 25.4 Å². The quantitative estimate of drug-likeness (QED) is 0.917. The van der Waals surface area contributed by atoms with Crippen molar-refractivity contribution in [2.75, 3.05) is 6.54 Å². The maximum Gasteiger partial charge on any atom is 0.256 e. The van der Waals surface area contributed by atoms with Crippen LogP contribution in [0.5, 0.6) is 0 Å². The van der Waals surface area contributed by atoms with Crippen molar-refractivity contribution in [2.24, 2.45) is 0 Å². The lowest BCUT2D eigenvalue weighted by Gasteiger charge is -2.25. The normalized spacial score (nSPS) is 16.7. The SMILES string of the molecule is CC(=O)NCc1cncc([C@@H]2CCCN2C(=O)c2cccnc2C)n1. The Bertz CT molecular complexity index is 793. The van der Waals surface area contributed by atoms with Gasteiger partial charge in [-0.25, -0.2) is 0 Å². The van der Waals surface area contributed by atoms with Gasteiger partial charge < -0.3 is 10.2 Å². The van der Waals surface area contributed by atoms with Crippen molar-refractivity contribution in [1.82, 2.24) is 25.2 Å². The molecule has 1 aliphatic rings. The van der Waals surface area contributed by atoms with Crippen molar-refractivity contribution in [3.05, 3.63) is 53.4 Å². The second kappa shape index (κ2) is 7.38. The second-order valence-corrected chi connectivity index (χ2v) is 6.14. The molecule has 0 radical (unpaired) electrons. The van der Waals surface area contributed by atoms with Gasteiger partial charge >= 0.3 is 0 Å². The highest BCUT2D eigenvalue weighted by molar-refractivity contribution is 5.95. The molecular weight excluding hydrogens is 318 g/mol. The van der Waals surface area contributed by atoms with E-state index in [1.165, 1.54) is 6.92 Å². The highest BCUT2D eigenvalue weighted by Gasteiger charge is 2.32. The molecule has 130 valence electrons. The number of pyridine rings is 1. The minimum atomic E-state index is -0.114. The average molecular weight is 339 g/mol. The lowest BCUT2D eigenvalue weighted by atomic mass is 10.1. The molecule has 1 atom stereocenters. The molecular formula is C18H21N5O2. The smallest absolute Gasteiger partial charge is 0.256 e. The first kappa shape index (κ1) is 17.0. The number of nitrogens with zero attached hydrogens (tertiary/aromatic N) is 4. The Hall–Kier alpha value is -2.83. The van der Waals surface area contributed by atoms with Gasteiger partial charge in [0.1, 0.15) is 0 Å². The minimum absolute atomic E-state index is 0.0258. The van der Waals surface area contributed by atoms with E-state index in [4.69, 9.17) is 0 Å². The summed E-state index contributed by atoms with van der Waals surface area (Å²) in [6, 6.07) is 3.48. The van der Waals surface area contributed by atoms with E-state index >= 15 is 0 Å². The third kappa shape index (κ3) is 3.81. The summed E-state index contributed by atoms with van der Waals surface area (Å²) >= 11 is 0. The number of aryl methyl sites for hydroxylation is 1. The maximum atomic E-state index is 12.9. The molecule has 7 nitrogen and oxygen atoms in total. The number of carbonyl (C=O) groups is 2. The maximum absolute atomic E-state index is 12.9. The van der Waals surface area contributed by atoms with Crippen LogP contribution >= 0.6 is 0 Å². The molecule has 1 N–H and O–H groups in total. The summed E-state index contributed by atoms with van der Waals surface area (Å²) in [6.07, 6.45) is 6.79. The second-order valence-electron chi connectivity index (χ2n) is 6.14. The number of aromatic nitrogens is 3. The molecule has 0 saturated carbocycles. The number of likely N-dealkylation sites (tertiary alicyclic amines) is 1. The van der Waals surface area contributed by atoms with Crippen molar-refractivity contribution < 1.29 is 9.59 Å². The Balaban J connectivity index is 1.82. The summed E-state index contributed by atoms with van der Waals surface area (Å²) in [5.41, 5.74) is 2.79. The summed E-state index contributed by atoms with van der Waals surface area (Å²) in [4.78, 5) is 38.9. The molecule has 3 rings (SSSR count). The van der Waals surface area contributed by atoms with Crippen molar-refractivity contribution >= 4 is 11.8 Å². The van der Waals surface area contributed by atoms with Crippen LogP contribution in [-0.2, 0) is 11.3 Å². The third-order valence-electron chi connectivity index (χ3n) is 4.31. The predicted octanol–water partition coefficient (Wildman–Crippen LogP) is 1.79. The Labute approximate surface area is 146 Å². The van der Waals surface area contributed by atoms with Crippen molar-refractivity contribution in [2.45, 2.75) is 39.3 Å². The summed E-state index contributed by atoms with van der Waals surface area (Å²) in [6.45, 7) is 4.32. The van der Waals surface area contributed by atoms with Crippen LogP contribution in [0, 0.1) is 6.92 Å². The van der Waals surface area contributed by atoms with Crippen LogP contribution < -0.4 is 5.32 Å². The molecule has 2 aromatic heterocycles. The first-order valence-corrected chi connectivity index (χ1v) is 8.34. The van der Waals surface area contributed by atoms with Crippen LogP contribution in [0.15, 0.2) is 30.7 Å². The highest BCUT2D eigenvalue weighted by Crippen LogP contribution is 2.32. The zero-order valence-corrected chi connectivity index (χ0v) is 14.4. The highest BCUT2D eigenvalue weighted by atomic mass is 16.2. The molecule has 2 amide bonds. The van der Waals surface area contributed by atoms with E-state index in [0.29, 0.717) is 24.3 Å². The molecule has 0 unspecified atom stereocenters. The fraction of sp³-hybridized carbons (Fsp3) is 0.389. The van der Waals surface area contributed by atoms with Crippen LogP contribution in [0.3, 0.4) is 0 Å². The Morgan fingerprint density at radius 1 is 1.36 bits per heavy atom. The van der Waals surface area contributed by atoms with Gasteiger partial charge in [0.05, 0.1) is 41.9 Å². The number of carbonyl (C=O) groups excluding carboxylic acids is 2. The molecule has 0 aliphatic carbocycles. The molecule has 7 heteroatoms. The first-order valence-electron chi connectivity index (χ1n) is 8.34. The van der Waals surface area contributed by atoms with Crippen molar-refractivity contribution in [3.8, 4) is 0 Å². The van der Waals surface area contributed by atoms with Gasteiger partial charge in [0.15, 0.2) is 0 Å². The molecule has 1 saturated heterocycles. The van der Waals surface area contributed by atoms with Gasteiger partial charge in [0.2, 0.25) is 5.91 Å². The zero-order valence-electron chi connectivity index (χ0n) is 14.4. The number of hydrogen-bond acceptors (Lipinski definition) is 5. The number of rotatable bonds is 4. The summed E-state index contributed by atoms with van der Waals surface area (Å²) in [5.74, 6) is -0.140. The van der Waals surface area contributed by atoms with Crippen LogP contribution in [-0.4, -0.2) is 38.2 Å². The van der Waals surface area contributed by atoms with Crippen LogP contribution in [0.25, 0.3) is 0 Å². The molecule has 0 aromatic carbocycles. The van der Waals surface area contributed by atoms with Crippen LogP contribution in [0.2, 0.25) is 0 Å². The van der Waals surface area contributed by atoms with E-state index in [2.05, 4.69) is 20.3 Å². The van der Waals surface area contributed by atoms with Gasteiger partial charge in [0.25, 0.3) is 5.91 Å². The van der Waals surface area contributed by atoms with Crippen molar-refractivity contribution in [1.29, 1.82) is 0 Å². The van der Waals surface area contributed by atoms with Gasteiger partial charge in [-0.15, -0.1) is 0 Å². The Kier molecular flexibility index (Phi) is 5.02. The molecule has 0 bridgehead atoms. The van der Waals surface area contributed by atoms with E-state index in [1.54, 1.807) is 30.7 Å². The number of amides is 2. The number of hydrogen-bond donors (Lipinski definition) is 1. The topological polar surface area (TPSA) is 88.1 Å². The standard InChI is InChI=1S/C18H21N5O2/c1-12-15(5-3-7-20-12)18(25)23-8-4-6-17(23)16-11-19-9-14(22-16)10-21-13(2)24/h3,5,7,9,11,17H,4,6,8,10H2,1-2H3,(H,21,24)/t17-/m0/s1. The molecule has 1 aliphatic heterocycles. The van der Waals surface area contributed by atoms with E-state index in [0.717, 1.165) is 24.2 Å². The fourth-order valence-electron chi connectivity index (χ4n) is 3.07. The Morgan fingerprint density at radius 3 is 2.96 bits per heavy atom. The average Bonchev–Trinajstić information content (AvgIpc) is 3.10. The van der Waals surface area contributed by atoms with Gasteiger partial charge in [-0.2, -0.15) is 0 Å². The third-order valence-corrected chi connectivity index (χ3v) is 4.31. The molecule has 3 heterocycles. The first-order chi connectivity index (χ1) is 12.1. The molecule has 2 aromatic rings.